The van der Waals surface area contributed by atoms with Crippen molar-refractivity contribution >= 4 is 11.0 Å². The van der Waals surface area contributed by atoms with Gasteiger partial charge in [0.2, 0.25) is 0 Å². The van der Waals surface area contributed by atoms with Gasteiger partial charge in [-0.25, -0.2) is 0 Å². The molecule has 0 aliphatic heterocycles. The number of aliphatic hydroxyl groups excluding tert-OH is 1. The van der Waals surface area contributed by atoms with E-state index >= 15 is 0 Å². The Morgan fingerprint density at radius 3 is 2.68 bits per heavy atom. The average molecular weight is 261 g/mol. The maximum atomic E-state index is 8.91. The van der Waals surface area contributed by atoms with E-state index in [1.54, 1.807) is 0 Å². The van der Waals surface area contributed by atoms with Gasteiger partial charge in [0.25, 0.3) is 0 Å². The lowest BCUT2D eigenvalue weighted by molar-refractivity contribution is 0.257. The van der Waals surface area contributed by atoms with Gasteiger partial charge in [0.05, 0.1) is 6.04 Å². The van der Waals surface area contributed by atoms with Gasteiger partial charge in [0, 0.05) is 12.0 Å². The molecule has 0 saturated carbocycles. The molecule has 0 amide bonds. The summed E-state index contributed by atoms with van der Waals surface area (Å²) >= 11 is 0. The third-order valence-electron chi connectivity index (χ3n) is 3.67. The highest BCUT2D eigenvalue weighted by atomic mass is 16.3. The maximum absolute atomic E-state index is 8.91. The van der Waals surface area contributed by atoms with Crippen molar-refractivity contribution in [1.29, 1.82) is 0 Å². The summed E-state index contributed by atoms with van der Waals surface area (Å²) in [6.07, 6.45) is 0.832. The molecule has 3 nitrogen and oxygen atoms in total. The summed E-state index contributed by atoms with van der Waals surface area (Å²) in [5.74, 6) is 1.48. The number of nitrogens with one attached hydrogen (secondary N) is 1. The van der Waals surface area contributed by atoms with Gasteiger partial charge in [-0.05, 0) is 44.4 Å². The van der Waals surface area contributed by atoms with Crippen LogP contribution in [0.4, 0.5) is 0 Å². The quantitative estimate of drug-likeness (QED) is 0.837. The van der Waals surface area contributed by atoms with Gasteiger partial charge in [-0.2, -0.15) is 0 Å². The van der Waals surface area contributed by atoms with Crippen LogP contribution in [0.5, 0.6) is 0 Å². The van der Waals surface area contributed by atoms with Crippen LogP contribution < -0.4 is 5.32 Å². The fourth-order valence-corrected chi connectivity index (χ4v) is 2.40. The highest BCUT2D eigenvalue weighted by molar-refractivity contribution is 5.82. The molecule has 0 radical (unpaired) electrons. The molecule has 0 spiro atoms. The molecule has 1 aromatic heterocycles. The second-order valence-electron chi connectivity index (χ2n) is 5.33. The third kappa shape index (κ3) is 3.17. The largest absolute Gasteiger partial charge is 0.459 e. The molecular formula is C16H23NO2. The van der Waals surface area contributed by atoms with E-state index in [0.717, 1.165) is 24.3 Å². The minimum Gasteiger partial charge on any atom is -0.459 e. The fourth-order valence-electron chi connectivity index (χ4n) is 2.40. The van der Waals surface area contributed by atoms with Crippen LogP contribution in [0.1, 0.15) is 37.6 Å². The van der Waals surface area contributed by atoms with Crippen LogP contribution in [0, 0.1) is 12.8 Å². The Balaban J connectivity index is 2.09. The molecule has 1 heterocycles. The van der Waals surface area contributed by atoms with E-state index in [1.807, 2.05) is 18.2 Å². The summed E-state index contributed by atoms with van der Waals surface area (Å²) in [6.45, 7) is 7.51. The number of hydrogen-bond acceptors (Lipinski definition) is 3. The van der Waals surface area contributed by atoms with Gasteiger partial charge in [0.15, 0.2) is 0 Å². The van der Waals surface area contributed by atoms with Crippen LogP contribution in [-0.2, 0) is 0 Å². The number of fused-ring (bicyclic) bond motifs is 1. The Morgan fingerprint density at radius 1 is 1.26 bits per heavy atom. The van der Waals surface area contributed by atoms with Gasteiger partial charge in [0.1, 0.15) is 11.3 Å². The third-order valence-corrected chi connectivity index (χ3v) is 3.67. The van der Waals surface area contributed by atoms with Crippen LogP contribution in [0.2, 0.25) is 0 Å². The van der Waals surface area contributed by atoms with E-state index in [0.29, 0.717) is 5.92 Å². The number of aliphatic hydroxyl groups is 1. The SMILES string of the molecule is Cc1c(C(C)NCC(C)CCO)oc2ccccc12. The molecule has 3 heteroatoms. The predicted molar refractivity (Wildman–Crippen MR) is 78.2 cm³/mol. The summed E-state index contributed by atoms with van der Waals surface area (Å²) in [6, 6.07) is 8.33. The fraction of sp³-hybridized carbons (Fsp3) is 0.500. The first-order chi connectivity index (χ1) is 9.13. The second kappa shape index (κ2) is 6.22. The van der Waals surface area contributed by atoms with E-state index < -0.39 is 0 Å². The van der Waals surface area contributed by atoms with Crippen molar-refractivity contribution in [3.63, 3.8) is 0 Å². The van der Waals surface area contributed by atoms with Crippen molar-refractivity contribution in [2.75, 3.05) is 13.2 Å². The molecule has 2 atom stereocenters. The van der Waals surface area contributed by atoms with Gasteiger partial charge in [-0.15, -0.1) is 0 Å². The number of para-hydroxylation sites is 1. The van der Waals surface area contributed by atoms with E-state index in [2.05, 4.69) is 32.2 Å². The lowest BCUT2D eigenvalue weighted by Gasteiger charge is -2.16. The van der Waals surface area contributed by atoms with E-state index in [9.17, 15) is 0 Å². The summed E-state index contributed by atoms with van der Waals surface area (Å²) < 4.78 is 5.94. The number of furan rings is 1. The monoisotopic (exact) mass is 261 g/mol. The molecule has 0 fully saturated rings. The lowest BCUT2D eigenvalue weighted by Crippen LogP contribution is -2.25. The Hall–Kier alpha value is -1.32. The molecule has 2 unspecified atom stereocenters. The van der Waals surface area contributed by atoms with E-state index in [4.69, 9.17) is 9.52 Å². The maximum Gasteiger partial charge on any atom is 0.134 e. The molecule has 19 heavy (non-hydrogen) atoms. The van der Waals surface area contributed by atoms with Crippen molar-refractivity contribution in [2.45, 2.75) is 33.2 Å². The first kappa shape index (κ1) is 14.1. The second-order valence-corrected chi connectivity index (χ2v) is 5.33. The number of hydrogen-bond donors (Lipinski definition) is 2. The first-order valence-electron chi connectivity index (χ1n) is 6.95. The number of aryl methyl sites for hydroxylation is 1. The molecule has 1 aromatic carbocycles. The molecule has 0 bridgehead atoms. The molecule has 0 aliphatic carbocycles. The lowest BCUT2D eigenvalue weighted by atomic mass is 10.1. The highest BCUT2D eigenvalue weighted by Crippen LogP contribution is 2.29. The van der Waals surface area contributed by atoms with Gasteiger partial charge in [-0.3, -0.25) is 0 Å². The van der Waals surface area contributed by atoms with Crippen LogP contribution in [0.3, 0.4) is 0 Å². The zero-order valence-electron chi connectivity index (χ0n) is 11.9. The zero-order valence-corrected chi connectivity index (χ0v) is 11.9. The van der Waals surface area contributed by atoms with Gasteiger partial charge in [-0.1, -0.05) is 25.1 Å². The van der Waals surface area contributed by atoms with Crippen molar-refractivity contribution in [1.82, 2.24) is 5.32 Å². The van der Waals surface area contributed by atoms with Crippen LogP contribution in [0.15, 0.2) is 28.7 Å². The number of benzene rings is 1. The summed E-state index contributed by atoms with van der Waals surface area (Å²) in [5, 5.41) is 13.6. The normalized spacial score (nSPS) is 14.7. The Morgan fingerprint density at radius 2 is 2.00 bits per heavy atom. The number of rotatable bonds is 6. The Kier molecular flexibility index (Phi) is 4.61. The van der Waals surface area contributed by atoms with Gasteiger partial charge >= 0.3 is 0 Å². The van der Waals surface area contributed by atoms with Crippen molar-refractivity contribution in [2.24, 2.45) is 5.92 Å². The minimum atomic E-state index is 0.188. The molecule has 0 aliphatic rings. The van der Waals surface area contributed by atoms with Crippen molar-refractivity contribution in [3.05, 3.63) is 35.6 Å². The minimum absolute atomic E-state index is 0.188. The standard InChI is InChI=1S/C16H23NO2/c1-11(8-9-18)10-17-13(3)16-12(2)14-6-4-5-7-15(14)19-16/h4-7,11,13,17-18H,8-10H2,1-3H3. The van der Waals surface area contributed by atoms with E-state index in [-0.39, 0.29) is 12.6 Å². The van der Waals surface area contributed by atoms with Gasteiger partial charge < -0.3 is 14.8 Å². The summed E-state index contributed by atoms with van der Waals surface area (Å²) in [7, 11) is 0. The Bertz CT molecular complexity index is 533. The summed E-state index contributed by atoms with van der Waals surface area (Å²) in [4.78, 5) is 0. The molecule has 2 N–H and O–H groups in total. The smallest absolute Gasteiger partial charge is 0.134 e. The van der Waals surface area contributed by atoms with Crippen LogP contribution >= 0.6 is 0 Å². The topological polar surface area (TPSA) is 45.4 Å². The zero-order chi connectivity index (χ0) is 13.8. The predicted octanol–water partition coefficient (Wildman–Crippen LogP) is 3.41. The van der Waals surface area contributed by atoms with Crippen LogP contribution in [-0.4, -0.2) is 18.3 Å². The Labute approximate surface area is 114 Å². The highest BCUT2D eigenvalue weighted by Gasteiger charge is 2.16. The molecule has 2 rings (SSSR count). The molecular weight excluding hydrogens is 238 g/mol. The molecule has 0 saturated heterocycles. The summed E-state index contributed by atoms with van der Waals surface area (Å²) in [5.41, 5.74) is 2.16. The molecule has 104 valence electrons. The van der Waals surface area contributed by atoms with E-state index in [1.165, 1.54) is 10.9 Å². The van der Waals surface area contributed by atoms with Crippen molar-refractivity contribution in [3.8, 4) is 0 Å². The van der Waals surface area contributed by atoms with Crippen LogP contribution in [0.25, 0.3) is 11.0 Å². The van der Waals surface area contributed by atoms with Crippen molar-refractivity contribution < 1.29 is 9.52 Å². The molecule has 2 aromatic rings. The average Bonchev–Trinajstić information content (AvgIpc) is 2.74. The first-order valence-corrected chi connectivity index (χ1v) is 6.95.